The number of halogens is 3. The first-order valence-electron chi connectivity index (χ1n) is 10.2. The van der Waals surface area contributed by atoms with Crippen LogP contribution < -0.4 is 5.32 Å². The van der Waals surface area contributed by atoms with E-state index >= 15 is 0 Å². The van der Waals surface area contributed by atoms with Crippen molar-refractivity contribution < 1.29 is 37.1 Å². The van der Waals surface area contributed by atoms with Gasteiger partial charge in [0.15, 0.2) is 6.61 Å². The van der Waals surface area contributed by atoms with Crippen LogP contribution in [0.4, 0.5) is 18.9 Å². The molecule has 2 aromatic carbocycles. The molecule has 0 saturated carbocycles. The van der Waals surface area contributed by atoms with Crippen LogP contribution in [0, 0.1) is 0 Å². The van der Waals surface area contributed by atoms with Gasteiger partial charge in [-0.15, -0.1) is 0 Å². The molecule has 2 aromatic rings. The van der Waals surface area contributed by atoms with Crippen LogP contribution in [-0.4, -0.2) is 41.7 Å². The molecule has 0 aliphatic carbocycles. The quantitative estimate of drug-likeness (QED) is 0.345. The molecule has 0 aromatic heterocycles. The van der Waals surface area contributed by atoms with Crippen molar-refractivity contribution >= 4 is 29.4 Å². The molecule has 1 aliphatic heterocycles. The third kappa shape index (κ3) is 6.18. The molecule has 1 aliphatic rings. The summed E-state index contributed by atoms with van der Waals surface area (Å²) in [6.45, 7) is -0.384. The number of ether oxygens (including phenoxy) is 1. The molecule has 0 radical (unpaired) electrons. The zero-order valence-corrected chi connectivity index (χ0v) is 17.5. The highest BCUT2D eigenvalue weighted by atomic mass is 19.4. The van der Waals surface area contributed by atoms with Gasteiger partial charge < -0.3 is 10.1 Å². The van der Waals surface area contributed by atoms with Crippen LogP contribution in [-0.2, 0) is 20.5 Å². The molecule has 174 valence electrons. The lowest BCUT2D eigenvalue weighted by molar-refractivity contribution is -0.147. The van der Waals surface area contributed by atoms with Gasteiger partial charge in [0, 0.05) is 18.7 Å². The smallest absolute Gasteiger partial charge is 0.416 e. The van der Waals surface area contributed by atoms with Gasteiger partial charge in [-0.2, -0.15) is 13.2 Å². The molecule has 0 spiro atoms. The summed E-state index contributed by atoms with van der Waals surface area (Å²) in [7, 11) is 0. The Morgan fingerprint density at radius 2 is 1.58 bits per heavy atom. The number of nitrogens with zero attached hydrogens (tertiary/aromatic N) is 1. The van der Waals surface area contributed by atoms with Gasteiger partial charge in [-0.1, -0.05) is 24.6 Å². The van der Waals surface area contributed by atoms with Crippen molar-refractivity contribution in [2.75, 3.05) is 18.5 Å². The Kier molecular flexibility index (Phi) is 7.47. The van der Waals surface area contributed by atoms with Gasteiger partial charge in [0.05, 0.1) is 16.7 Å². The van der Waals surface area contributed by atoms with E-state index in [1.54, 1.807) is 24.3 Å². The molecule has 0 atom stereocenters. The van der Waals surface area contributed by atoms with Gasteiger partial charge in [0.2, 0.25) is 0 Å². The first kappa shape index (κ1) is 24.0. The summed E-state index contributed by atoms with van der Waals surface area (Å²) in [6, 6.07) is 10.7. The maximum atomic E-state index is 12.7. The zero-order chi connectivity index (χ0) is 24.0. The summed E-state index contributed by atoms with van der Waals surface area (Å²) >= 11 is 0. The topological polar surface area (TPSA) is 92.8 Å². The highest BCUT2D eigenvalue weighted by Crippen LogP contribution is 2.30. The fraction of sp³-hybridized carbons (Fsp3) is 0.304. The summed E-state index contributed by atoms with van der Waals surface area (Å²) in [5, 5.41) is 2.25. The standard InChI is InChI=1S/C23H21F3N2O5/c24-23(25,26)15-7-6-8-16(13-15)27-19(29)14-33-20(30)11-2-1-5-12-28-21(31)17-9-3-4-10-18(17)22(28)32/h3-4,6-10,13H,1-2,5,11-12,14H2,(H,27,29). The third-order valence-electron chi connectivity index (χ3n) is 4.98. The average molecular weight is 462 g/mol. The van der Waals surface area contributed by atoms with Crippen molar-refractivity contribution in [2.24, 2.45) is 0 Å². The third-order valence-corrected chi connectivity index (χ3v) is 4.98. The predicted molar refractivity (Wildman–Crippen MR) is 111 cm³/mol. The van der Waals surface area contributed by atoms with Crippen molar-refractivity contribution in [1.29, 1.82) is 0 Å². The van der Waals surface area contributed by atoms with E-state index in [9.17, 15) is 32.3 Å². The number of rotatable bonds is 9. The van der Waals surface area contributed by atoms with Crippen molar-refractivity contribution in [1.82, 2.24) is 4.90 Å². The SMILES string of the molecule is O=C(COC(=O)CCCCCN1C(=O)c2ccccc2C1=O)Nc1cccc(C(F)(F)F)c1. The van der Waals surface area contributed by atoms with Gasteiger partial charge in [-0.25, -0.2) is 0 Å². The van der Waals surface area contributed by atoms with Crippen LogP contribution in [0.1, 0.15) is 52.0 Å². The molecule has 10 heteroatoms. The summed E-state index contributed by atoms with van der Waals surface area (Å²) in [4.78, 5) is 49.3. The minimum absolute atomic E-state index is 0.0267. The van der Waals surface area contributed by atoms with E-state index in [4.69, 9.17) is 4.74 Å². The van der Waals surface area contributed by atoms with Crippen molar-refractivity contribution in [3.8, 4) is 0 Å². The van der Waals surface area contributed by atoms with Crippen LogP contribution in [0.15, 0.2) is 48.5 Å². The molecule has 0 saturated heterocycles. The number of carbonyl (C=O) groups excluding carboxylic acids is 4. The van der Waals surface area contributed by atoms with E-state index in [1.165, 1.54) is 11.0 Å². The second-order valence-corrected chi connectivity index (χ2v) is 7.41. The minimum Gasteiger partial charge on any atom is -0.456 e. The monoisotopic (exact) mass is 462 g/mol. The maximum Gasteiger partial charge on any atom is 0.416 e. The minimum atomic E-state index is -4.54. The number of fused-ring (bicyclic) bond motifs is 1. The number of amides is 3. The Morgan fingerprint density at radius 1 is 0.909 bits per heavy atom. The van der Waals surface area contributed by atoms with E-state index in [2.05, 4.69) is 5.32 Å². The Balaban J connectivity index is 1.32. The molecular weight excluding hydrogens is 441 g/mol. The van der Waals surface area contributed by atoms with Crippen LogP contribution in [0.25, 0.3) is 0 Å². The van der Waals surface area contributed by atoms with Gasteiger partial charge >= 0.3 is 12.1 Å². The van der Waals surface area contributed by atoms with E-state index in [0.717, 1.165) is 18.2 Å². The number of unbranched alkanes of at least 4 members (excludes halogenated alkanes) is 2. The Bertz CT molecular complexity index is 1030. The first-order chi connectivity index (χ1) is 15.7. The average Bonchev–Trinajstić information content (AvgIpc) is 3.02. The Hall–Kier alpha value is -3.69. The molecule has 7 nitrogen and oxygen atoms in total. The predicted octanol–water partition coefficient (Wildman–Crippen LogP) is 4.04. The van der Waals surface area contributed by atoms with Crippen molar-refractivity contribution in [3.63, 3.8) is 0 Å². The number of benzene rings is 2. The lowest BCUT2D eigenvalue weighted by Gasteiger charge is -2.13. The number of hydrogen-bond acceptors (Lipinski definition) is 5. The number of nitrogens with one attached hydrogen (secondary N) is 1. The maximum absolute atomic E-state index is 12.7. The molecule has 1 heterocycles. The van der Waals surface area contributed by atoms with E-state index in [-0.39, 0.29) is 30.5 Å². The summed E-state index contributed by atoms with van der Waals surface area (Å²) < 4.78 is 42.9. The number of anilines is 1. The second kappa shape index (κ2) is 10.3. The number of imide groups is 1. The largest absolute Gasteiger partial charge is 0.456 e. The van der Waals surface area contributed by atoms with Crippen molar-refractivity contribution in [2.45, 2.75) is 31.9 Å². The lowest BCUT2D eigenvalue weighted by Crippen LogP contribution is -2.30. The zero-order valence-electron chi connectivity index (χ0n) is 17.5. The number of alkyl halides is 3. The van der Waals surface area contributed by atoms with Crippen LogP contribution in [0.5, 0.6) is 0 Å². The highest BCUT2D eigenvalue weighted by Gasteiger charge is 2.34. The van der Waals surface area contributed by atoms with Gasteiger partial charge in [-0.3, -0.25) is 24.1 Å². The molecule has 33 heavy (non-hydrogen) atoms. The summed E-state index contributed by atoms with van der Waals surface area (Å²) in [5.41, 5.74) is -0.193. The molecular formula is C23H21F3N2O5. The van der Waals surface area contributed by atoms with Crippen LogP contribution >= 0.6 is 0 Å². The number of hydrogen-bond donors (Lipinski definition) is 1. The lowest BCUT2D eigenvalue weighted by atomic mass is 10.1. The van der Waals surface area contributed by atoms with Crippen molar-refractivity contribution in [3.05, 3.63) is 65.2 Å². The van der Waals surface area contributed by atoms with E-state index < -0.39 is 30.2 Å². The summed E-state index contributed by atoms with van der Waals surface area (Å²) in [5.74, 6) is -2.05. The molecule has 3 rings (SSSR count). The molecule has 0 unspecified atom stereocenters. The Morgan fingerprint density at radius 3 is 2.21 bits per heavy atom. The van der Waals surface area contributed by atoms with Gasteiger partial charge in [0.1, 0.15) is 0 Å². The number of esters is 1. The number of carbonyl (C=O) groups is 4. The molecule has 3 amide bonds. The van der Waals surface area contributed by atoms with Crippen LogP contribution in [0.2, 0.25) is 0 Å². The summed E-state index contributed by atoms with van der Waals surface area (Å²) in [6.07, 6.45) is -3.02. The second-order valence-electron chi connectivity index (χ2n) is 7.41. The molecule has 1 N–H and O–H groups in total. The molecule has 0 bridgehead atoms. The molecule has 0 fully saturated rings. The first-order valence-corrected chi connectivity index (χ1v) is 10.2. The van der Waals surface area contributed by atoms with Gasteiger partial charge in [-0.05, 0) is 43.2 Å². The van der Waals surface area contributed by atoms with Crippen LogP contribution in [0.3, 0.4) is 0 Å². The van der Waals surface area contributed by atoms with E-state index in [0.29, 0.717) is 30.4 Å². The van der Waals surface area contributed by atoms with Gasteiger partial charge in [0.25, 0.3) is 17.7 Å². The Labute approximate surface area is 187 Å². The van der Waals surface area contributed by atoms with E-state index in [1.807, 2.05) is 0 Å². The normalized spacial score (nSPS) is 13.1. The fourth-order valence-corrected chi connectivity index (χ4v) is 3.35. The fourth-order valence-electron chi connectivity index (χ4n) is 3.35. The highest BCUT2D eigenvalue weighted by molar-refractivity contribution is 6.21.